The van der Waals surface area contributed by atoms with E-state index in [1.165, 1.54) is 0 Å². The van der Waals surface area contributed by atoms with E-state index in [2.05, 4.69) is 10.3 Å². The molecule has 0 spiro atoms. The van der Waals surface area contributed by atoms with Crippen molar-refractivity contribution < 1.29 is 18.0 Å². The van der Waals surface area contributed by atoms with E-state index in [1.54, 1.807) is 23.1 Å². The maximum absolute atomic E-state index is 14.0. The summed E-state index contributed by atoms with van der Waals surface area (Å²) in [7, 11) is 0. The topological polar surface area (TPSA) is 48.1 Å². The quantitative estimate of drug-likeness (QED) is 0.655. The predicted molar refractivity (Wildman–Crippen MR) is 106 cm³/mol. The summed E-state index contributed by atoms with van der Waals surface area (Å²) < 4.78 is 42.1. The summed E-state index contributed by atoms with van der Waals surface area (Å²) in [5.41, 5.74) is 0.708. The van der Waals surface area contributed by atoms with Crippen LogP contribution in [0.15, 0.2) is 54.6 Å². The minimum Gasteiger partial charge on any atom is -0.359 e. The van der Waals surface area contributed by atoms with Gasteiger partial charge in [0.05, 0.1) is 0 Å². The molecule has 2 heterocycles. The zero-order valence-electron chi connectivity index (χ0n) is 16.0. The molecule has 1 aliphatic rings. The lowest BCUT2D eigenvalue weighted by Gasteiger charge is -2.30. The van der Waals surface area contributed by atoms with Gasteiger partial charge in [0, 0.05) is 35.4 Å². The highest BCUT2D eigenvalue weighted by atomic mass is 19.4. The second-order valence-corrected chi connectivity index (χ2v) is 7.73. The van der Waals surface area contributed by atoms with Gasteiger partial charge in [0.2, 0.25) is 5.91 Å². The zero-order valence-corrected chi connectivity index (χ0v) is 16.0. The zero-order chi connectivity index (χ0) is 20.6. The second-order valence-electron chi connectivity index (χ2n) is 7.73. The van der Waals surface area contributed by atoms with E-state index in [0.717, 1.165) is 22.2 Å². The van der Waals surface area contributed by atoms with E-state index in [1.807, 2.05) is 43.3 Å². The summed E-state index contributed by atoms with van der Waals surface area (Å²) in [5.74, 6) is -0.993. The van der Waals surface area contributed by atoms with Crippen LogP contribution in [0, 0.1) is 12.3 Å². The van der Waals surface area contributed by atoms with E-state index >= 15 is 0 Å². The molecule has 0 unspecified atom stereocenters. The smallest absolute Gasteiger partial charge is 0.359 e. The average Bonchev–Trinajstić information content (AvgIpc) is 3.25. The van der Waals surface area contributed by atoms with Crippen molar-refractivity contribution in [3.8, 4) is 0 Å². The first-order valence-corrected chi connectivity index (χ1v) is 9.51. The maximum Gasteiger partial charge on any atom is 0.404 e. The van der Waals surface area contributed by atoms with Gasteiger partial charge in [-0.05, 0) is 49.7 Å². The summed E-state index contributed by atoms with van der Waals surface area (Å²) in [4.78, 5) is 17.7. The fourth-order valence-corrected chi connectivity index (χ4v) is 4.02. The Morgan fingerprint density at radius 1 is 1.17 bits per heavy atom. The van der Waals surface area contributed by atoms with E-state index in [0.29, 0.717) is 12.2 Å². The lowest BCUT2D eigenvalue weighted by atomic mass is 9.85. The fraction of sp³-hybridized carbons (Fsp3) is 0.318. The summed E-state index contributed by atoms with van der Waals surface area (Å²) in [6, 6.07) is 16.3. The third-order valence-electron chi connectivity index (χ3n) is 5.59. The number of benzene rings is 2. The third kappa shape index (κ3) is 3.74. The molecular weight excluding hydrogens is 379 g/mol. The maximum atomic E-state index is 14.0. The molecular formula is C22H22F3N3O. The van der Waals surface area contributed by atoms with Gasteiger partial charge in [-0.2, -0.15) is 13.2 Å². The van der Waals surface area contributed by atoms with Gasteiger partial charge in [0.1, 0.15) is 0 Å². The highest BCUT2D eigenvalue weighted by molar-refractivity contribution is 5.98. The number of carbonyl (C=O) groups excluding carboxylic acids is 1. The number of aryl methyl sites for hydroxylation is 1. The number of H-pyrrole nitrogens is 1. The first-order valence-electron chi connectivity index (χ1n) is 9.51. The van der Waals surface area contributed by atoms with Crippen LogP contribution in [-0.4, -0.2) is 35.1 Å². The fourth-order valence-electron chi connectivity index (χ4n) is 4.02. The van der Waals surface area contributed by atoms with Crippen LogP contribution in [0.1, 0.15) is 17.7 Å². The summed E-state index contributed by atoms with van der Waals surface area (Å²) in [5, 5.41) is 3.36. The van der Waals surface area contributed by atoms with Gasteiger partial charge in [-0.25, -0.2) is 0 Å². The number of amides is 1. The second kappa shape index (κ2) is 7.22. The van der Waals surface area contributed by atoms with Crippen molar-refractivity contribution in [2.24, 2.45) is 5.41 Å². The summed E-state index contributed by atoms with van der Waals surface area (Å²) >= 11 is 0. The van der Waals surface area contributed by atoms with Crippen molar-refractivity contribution in [1.29, 1.82) is 0 Å². The molecule has 1 atom stereocenters. The molecule has 1 aliphatic heterocycles. The van der Waals surface area contributed by atoms with Crippen molar-refractivity contribution in [2.75, 3.05) is 18.4 Å². The molecule has 29 heavy (non-hydrogen) atoms. The highest BCUT2D eigenvalue weighted by Gasteiger charge is 2.62. The molecule has 4 rings (SSSR count). The minimum absolute atomic E-state index is 0.220. The van der Waals surface area contributed by atoms with Gasteiger partial charge in [-0.3, -0.25) is 9.69 Å². The van der Waals surface area contributed by atoms with Crippen LogP contribution in [0.4, 0.5) is 18.9 Å². The van der Waals surface area contributed by atoms with E-state index < -0.39 is 17.5 Å². The lowest BCUT2D eigenvalue weighted by Crippen LogP contribution is -2.49. The number of halogens is 3. The van der Waals surface area contributed by atoms with Crippen LogP contribution in [-0.2, 0) is 11.3 Å². The van der Waals surface area contributed by atoms with Crippen molar-refractivity contribution >= 4 is 22.5 Å². The Labute approximate surface area is 166 Å². The Morgan fingerprint density at radius 2 is 1.93 bits per heavy atom. The molecule has 1 amide bonds. The number of nitrogens with zero attached hydrogens (tertiary/aromatic N) is 1. The van der Waals surface area contributed by atoms with Crippen LogP contribution in [0.3, 0.4) is 0 Å². The minimum atomic E-state index is -4.63. The molecule has 1 fully saturated rings. The normalized spacial score (nSPS) is 20.3. The Hall–Kier alpha value is -2.80. The van der Waals surface area contributed by atoms with Crippen molar-refractivity contribution in [3.63, 3.8) is 0 Å². The number of aromatic amines is 1. The largest absolute Gasteiger partial charge is 0.404 e. The molecule has 1 saturated heterocycles. The number of rotatable bonds is 4. The molecule has 152 valence electrons. The number of carbonyl (C=O) groups is 1. The van der Waals surface area contributed by atoms with Crippen molar-refractivity contribution in [2.45, 2.75) is 26.1 Å². The van der Waals surface area contributed by atoms with Crippen LogP contribution < -0.4 is 5.32 Å². The van der Waals surface area contributed by atoms with Crippen molar-refractivity contribution in [1.82, 2.24) is 9.88 Å². The SMILES string of the molecule is Cc1cc2cc(NC(=O)[C@@]3(C(F)(F)F)CCN(Cc4ccccc4)C3)ccc2[nH]1. The number of aromatic nitrogens is 1. The van der Waals surface area contributed by atoms with Gasteiger partial charge in [0.15, 0.2) is 5.41 Å². The predicted octanol–water partition coefficient (Wildman–Crippen LogP) is 4.87. The van der Waals surface area contributed by atoms with E-state index in [9.17, 15) is 18.0 Å². The van der Waals surface area contributed by atoms with E-state index in [4.69, 9.17) is 0 Å². The molecule has 4 nitrogen and oxygen atoms in total. The van der Waals surface area contributed by atoms with Gasteiger partial charge < -0.3 is 10.3 Å². The number of likely N-dealkylation sites (tertiary alicyclic amines) is 1. The van der Waals surface area contributed by atoms with Gasteiger partial charge >= 0.3 is 6.18 Å². The van der Waals surface area contributed by atoms with Crippen LogP contribution in [0.25, 0.3) is 10.9 Å². The molecule has 0 radical (unpaired) electrons. The standard InChI is InChI=1S/C22H22F3N3O/c1-15-11-17-12-18(7-8-19(17)26-15)27-20(29)21(22(23,24)25)9-10-28(14-21)13-16-5-3-2-4-6-16/h2-8,11-12,26H,9-10,13-14H2,1H3,(H,27,29)/t21-/m1/s1. The molecule has 0 bridgehead atoms. The molecule has 2 aromatic carbocycles. The summed E-state index contributed by atoms with van der Waals surface area (Å²) in [6.45, 7) is 2.16. The Bertz CT molecular complexity index is 1030. The molecule has 2 N–H and O–H groups in total. The molecule has 3 aromatic rings. The number of fused-ring (bicyclic) bond motifs is 1. The van der Waals surface area contributed by atoms with Gasteiger partial charge in [-0.15, -0.1) is 0 Å². The molecule has 0 saturated carbocycles. The highest BCUT2D eigenvalue weighted by Crippen LogP contribution is 2.46. The average molecular weight is 401 g/mol. The molecule has 7 heteroatoms. The lowest BCUT2D eigenvalue weighted by molar-refractivity contribution is -0.215. The number of alkyl halides is 3. The first-order chi connectivity index (χ1) is 13.8. The third-order valence-corrected chi connectivity index (χ3v) is 5.59. The summed E-state index contributed by atoms with van der Waals surface area (Å²) in [6.07, 6.45) is -4.88. The number of anilines is 1. The van der Waals surface area contributed by atoms with Crippen LogP contribution in [0.5, 0.6) is 0 Å². The first kappa shape index (κ1) is 19.5. The molecule has 0 aliphatic carbocycles. The van der Waals surface area contributed by atoms with Crippen molar-refractivity contribution in [3.05, 3.63) is 65.9 Å². The number of hydrogen-bond donors (Lipinski definition) is 2. The van der Waals surface area contributed by atoms with E-state index in [-0.39, 0.29) is 19.5 Å². The number of hydrogen-bond acceptors (Lipinski definition) is 2. The van der Waals surface area contributed by atoms with Crippen LogP contribution >= 0.6 is 0 Å². The monoisotopic (exact) mass is 401 g/mol. The number of nitrogens with one attached hydrogen (secondary N) is 2. The van der Waals surface area contributed by atoms with Crippen LogP contribution in [0.2, 0.25) is 0 Å². The Morgan fingerprint density at radius 3 is 2.66 bits per heavy atom. The Kier molecular flexibility index (Phi) is 4.86. The molecule has 1 aromatic heterocycles. The van der Waals surface area contributed by atoms with Gasteiger partial charge in [0.25, 0.3) is 0 Å². The Balaban J connectivity index is 1.55. The van der Waals surface area contributed by atoms with Gasteiger partial charge in [-0.1, -0.05) is 30.3 Å².